The first-order valence-electron chi connectivity index (χ1n) is 9.05. The Morgan fingerprint density at radius 3 is 2.54 bits per heavy atom. The summed E-state index contributed by atoms with van der Waals surface area (Å²) < 4.78 is 0. The lowest BCUT2D eigenvalue weighted by Crippen LogP contribution is -2.20. The summed E-state index contributed by atoms with van der Waals surface area (Å²) in [5.41, 5.74) is 2.96. The Morgan fingerprint density at radius 1 is 1.00 bits per heavy atom. The topological polar surface area (TPSA) is 53.9 Å². The van der Waals surface area contributed by atoms with Gasteiger partial charge in [-0.05, 0) is 18.6 Å². The Hall–Kier alpha value is -2.95. The molecule has 0 saturated carbocycles. The Morgan fingerprint density at radius 2 is 1.81 bits per heavy atom. The second-order valence-corrected chi connectivity index (χ2v) is 6.25. The van der Waals surface area contributed by atoms with E-state index in [0.717, 1.165) is 42.2 Å². The molecule has 0 amide bonds. The minimum Gasteiger partial charge on any atom is -0.359 e. The largest absolute Gasteiger partial charge is 0.359 e. The molecule has 1 N–H and O–H groups in total. The number of hydrogen-bond donors (Lipinski definition) is 1. The number of nitrogens with zero attached hydrogens (tertiary/aromatic N) is 4. The third-order valence-corrected chi connectivity index (χ3v) is 4.17. The zero-order chi connectivity index (χ0) is 18.2. The molecule has 1 aromatic carbocycles. The van der Waals surface area contributed by atoms with E-state index >= 15 is 0 Å². The van der Waals surface area contributed by atoms with Gasteiger partial charge in [-0.2, -0.15) is 4.98 Å². The average Bonchev–Trinajstić information content (AvgIpc) is 2.71. The van der Waals surface area contributed by atoms with Gasteiger partial charge < -0.3 is 10.2 Å². The predicted molar refractivity (Wildman–Crippen MR) is 107 cm³/mol. The van der Waals surface area contributed by atoms with Crippen LogP contribution in [0.5, 0.6) is 0 Å². The predicted octanol–water partition coefficient (Wildman–Crippen LogP) is 4.39. The minimum absolute atomic E-state index is 0.594. The molecule has 0 aliphatic heterocycles. The van der Waals surface area contributed by atoms with Crippen molar-refractivity contribution in [1.82, 2.24) is 15.0 Å². The maximum atomic E-state index is 4.70. The quantitative estimate of drug-likeness (QED) is 0.655. The molecule has 0 unspecified atom stereocenters. The lowest BCUT2D eigenvalue weighted by molar-refractivity contribution is 0.758. The molecule has 0 radical (unpaired) electrons. The van der Waals surface area contributed by atoms with E-state index in [0.29, 0.717) is 12.5 Å². The van der Waals surface area contributed by atoms with Gasteiger partial charge in [-0.3, -0.25) is 4.98 Å². The number of benzene rings is 1. The fraction of sp³-hybridized carbons (Fsp3) is 0.286. The summed E-state index contributed by atoms with van der Waals surface area (Å²) in [6.45, 7) is 3.77. The van der Waals surface area contributed by atoms with Crippen LogP contribution in [-0.4, -0.2) is 28.5 Å². The lowest BCUT2D eigenvalue weighted by atomic mass is 10.1. The van der Waals surface area contributed by atoms with Crippen molar-refractivity contribution in [1.29, 1.82) is 0 Å². The molecule has 5 nitrogen and oxygen atoms in total. The van der Waals surface area contributed by atoms with Crippen molar-refractivity contribution in [3.63, 3.8) is 0 Å². The van der Waals surface area contributed by atoms with Gasteiger partial charge in [-0.1, -0.05) is 49.7 Å². The van der Waals surface area contributed by atoms with Crippen molar-refractivity contribution in [2.45, 2.75) is 26.3 Å². The van der Waals surface area contributed by atoms with E-state index in [1.807, 2.05) is 36.4 Å². The van der Waals surface area contributed by atoms with Gasteiger partial charge in [0.05, 0.1) is 17.9 Å². The van der Waals surface area contributed by atoms with E-state index in [-0.39, 0.29) is 0 Å². The van der Waals surface area contributed by atoms with Crippen LogP contribution in [0.1, 0.15) is 25.5 Å². The molecule has 0 aliphatic carbocycles. The van der Waals surface area contributed by atoms with Crippen molar-refractivity contribution >= 4 is 11.8 Å². The standard InChI is InChI=1S/C21H25N5/c1-3-4-14-26(2)20-15-19(17-10-6-5-7-11-17)24-21(25-20)23-16-18-12-8-9-13-22-18/h5-13,15H,3-4,14,16H2,1-2H3,(H,23,24,25). The van der Waals surface area contributed by atoms with Gasteiger partial charge >= 0.3 is 0 Å². The molecular formula is C21H25N5. The van der Waals surface area contributed by atoms with Gasteiger partial charge in [0.15, 0.2) is 0 Å². The number of nitrogens with one attached hydrogen (secondary N) is 1. The Bertz CT molecular complexity index is 805. The van der Waals surface area contributed by atoms with E-state index in [4.69, 9.17) is 9.97 Å². The first-order chi connectivity index (χ1) is 12.8. The molecule has 0 saturated heterocycles. The van der Waals surface area contributed by atoms with Crippen LogP contribution in [0.2, 0.25) is 0 Å². The number of unbranched alkanes of at least 4 members (excludes halogenated alkanes) is 1. The summed E-state index contributed by atoms with van der Waals surface area (Å²) in [6, 6.07) is 18.1. The van der Waals surface area contributed by atoms with Gasteiger partial charge in [-0.15, -0.1) is 0 Å². The normalized spacial score (nSPS) is 10.5. The van der Waals surface area contributed by atoms with E-state index < -0.39 is 0 Å². The summed E-state index contributed by atoms with van der Waals surface area (Å²) in [5, 5.41) is 3.31. The first-order valence-corrected chi connectivity index (χ1v) is 9.05. The minimum atomic E-state index is 0.594. The Labute approximate surface area is 155 Å². The maximum Gasteiger partial charge on any atom is 0.225 e. The third-order valence-electron chi connectivity index (χ3n) is 4.17. The second-order valence-electron chi connectivity index (χ2n) is 6.25. The molecule has 3 aromatic rings. The van der Waals surface area contributed by atoms with Crippen LogP contribution in [0.15, 0.2) is 60.8 Å². The zero-order valence-corrected chi connectivity index (χ0v) is 15.4. The summed E-state index contributed by atoms with van der Waals surface area (Å²) in [4.78, 5) is 15.9. The Balaban J connectivity index is 1.87. The summed E-state index contributed by atoms with van der Waals surface area (Å²) in [7, 11) is 2.08. The SMILES string of the molecule is CCCCN(C)c1cc(-c2ccccc2)nc(NCc2ccccn2)n1. The highest BCUT2D eigenvalue weighted by atomic mass is 15.2. The highest BCUT2D eigenvalue weighted by Crippen LogP contribution is 2.23. The fourth-order valence-corrected chi connectivity index (χ4v) is 2.65. The average molecular weight is 347 g/mol. The molecular weight excluding hydrogens is 322 g/mol. The Kier molecular flexibility index (Phi) is 6.14. The zero-order valence-electron chi connectivity index (χ0n) is 15.4. The highest BCUT2D eigenvalue weighted by molar-refractivity contribution is 5.64. The summed E-state index contributed by atoms with van der Waals surface area (Å²) in [6.07, 6.45) is 4.09. The number of pyridine rings is 1. The van der Waals surface area contributed by atoms with Gasteiger partial charge in [-0.25, -0.2) is 4.98 Å². The molecule has 0 atom stereocenters. The second kappa shape index (κ2) is 8.94. The monoisotopic (exact) mass is 347 g/mol. The van der Waals surface area contributed by atoms with Crippen molar-refractivity contribution in [3.8, 4) is 11.3 Å². The molecule has 0 spiro atoms. The number of hydrogen-bond acceptors (Lipinski definition) is 5. The maximum absolute atomic E-state index is 4.70. The van der Waals surface area contributed by atoms with Crippen LogP contribution in [0.3, 0.4) is 0 Å². The van der Waals surface area contributed by atoms with Crippen LogP contribution >= 0.6 is 0 Å². The highest BCUT2D eigenvalue weighted by Gasteiger charge is 2.10. The van der Waals surface area contributed by atoms with E-state index in [1.165, 1.54) is 0 Å². The van der Waals surface area contributed by atoms with Crippen LogP contribution in [0, 0.1) is 0 Å². The van der Waals surface area contributed by atoms with E-state index in [1.54, 1.807) is 6.20 Å². The molecule has 3 rings (SSSR count). The van der Waals surface area contributed by atoms with Crippen molar-refractivity contribution in [2.24, 2.45) is 0 Å². The molecule has 5 heteroatoms. The smallest absolute Gasteiger partial charge is 0.225 e. The summed E-state index contributed by atoms with van der Waals surface area (Å²) in [5.74, 6) is 1.55. The van der Waals surface area contributed by atoms with Gasteiger partial charge in [0, 0.05) is 31.4 Å². The molecule has 0 fully saturated rings. The molecule has 26 heavy (non-hydrogen) atoms. The summed E-state index contributed by atoms with van der Waals surface area (Å²) >= 11 is 0. The number of anilines is 2. The fourth-order valence-electron chi connectivity index (χ4n) is 2.65. The van der Waals surface area contributed by atoms with E-state index in [2.05, 4.69) is 47.4 Å². The van der Waals surface area contributed by atoms with Crippen LogP contribution in [0.4, 0.5) is 11.8 Å². The molecule has 0 bridgehead atoms. The molecule has 2 aromatic heterocycles. The van der Waals surface area contributed by atoms with Crippen LogP contribution in [0.25, 0.3) is 11.3 Å². The van der Waals surface area contributed by atoms with Crippen LogP contribution < -0.4 is 10.2 Å². The van der Waals surface area contributed by atoms with Crippen molar-refractivity contribution in [3.05, 3.63) is 66.5 Å². The van der Waals surface area contributed by atoms with Gasteiger partial charge in [0.1, 0.15) is 5.82 Å². The van der Waals surface area contributed by atoms with Crippen LogP contribution in [-0.2, 0) is 6.54 Å². The third kappa shape index (κ3) is 4.79. The number of aromatic nitrogens is 3. The number of rotatable bonds is 8. The van der Waals surface area contributed by atoms with Gasteiger partial charge in [0.25, 0.3) is 0 Å². The van der Waals surface area contributed by atoms with Gasteiger partial charge in [0.2, 0.25) is 5.95 Å². The van der Waals surface area contributed by atoms with E-state index in [9.17, 15) is 0 Å². The van der Waals surface area contributed by atoms with Crippen molar-refractivity contribution in [2.75, 3.05) is 23.8 Å². The molecule has 0 aliphatic rings. The van der Waals surface area contributed by atoms with Crippen molar-refractivity contribution < 1.29 is 0 Å². The molecule has 2 heterocycles. The molecule has 134 valence electrons. The lowest BCUT2D eigenvalue weighted by Gasteiger charge is -2.19. The first kappa shape index (κ1) is 17.9.